The van der Waals surface area contributed by atoms with Crippen molar-refractivity contribution in [2.75, 3.05) is 23.7 Å². The lowest BCUT2D eigenvalue weighted by atomic mass is 9.82. The molecule has 0 amide bonds. The molecule has 10 heteroatoms. The predicted molar refractivity (Wildman–Crippen MR) is 147 cm³/mol. The van der Waals surface area contributed by atoms with Gasteiger partial charge in [-0.3, -0.25) is 4.94 Å². The van der Waals surface area contributed by atoms with E-state index in [0.717, 1.165) is 54.6 Å². The summed E-state index contributed by atoms with van der Waals surface area (Å²) in [5.74, 6) is 2.03. The monoisotopic (exact) mass is 535 g/mol. The van der Waals surface area contributed by atoms with Gasteiger partial charge in [0, 0.05) is 28.7 Å². The van der Waals surface area contributed by atoms with Gasteiger partial charge in [-0.15, -0.1) is 0 Å². The first-order chi connectivity index (χ1) is 18.5. The third-order valence-electron chi connectivity index (χ3n) is 6.94. The zero-order chi connectivity index (χ0) is 26.4. The minimum absolute atomic E-state index is 0.0337. The Hall–Kier alpha value is -3.76. The van der Waals surface area contributed by atoms with E-state index in [-0.39, 0.29) is 16.6 Å². The Balaban J connectivity index is 1.14. The van der Waals surface area contributed by atoms with E-state index in [4.69, 9.17) is 9.97 Å². The number of hydrogen-bond donors (Lipinski definition) is 3. The summed E-state index contributed by atoms with van der Waals surface area (Å²) < 4.78 is 40.0. The van der Waals surface area contributed by atoms with Crippen molar-refractivity contribution in [3.8, 4) is 5.75 Å². The predicted octanol–water partition coefficient (Wildman–Crippen LogP) is 5.83. The van der Waals surface area contributed by atoms with E-state index in [9.17, 15) is 12.9 Å². The SMILES string of the molecule is O=S(=O)(NC[C@H]1CC[C@H](CNc2nc(Nc3ccccc3)c3ccccc3n2)CC1)c1ccc(OF)cc1. The van der Waals surface area contributed by atoms with E-state index in [2.05, 4.69) is 20.3 Å². The molecule has 1 saturated carbocycles. The molecule has 38 heavy (non-hydrogen) atoms. The molecule has 0 aliphatic heterocycles. The highest BCUT2D eigenvalue weighted by Crippen LogP contribution is 2.30. The Morgan fingerprint density at radius 2 is 1.47 bits per heavy atom. The highest BCUT2D eigenvalue weighted by Gasteiger charge is 2.23. The smallest absolute Gasteiger partial charge is 0.240 e. The van der Waals surface area contributed by atoms with Crippen LogP contribution in [0.25, 0.3) is 10.9 Å². The summed E-state index contributed by atoms with van der Waals surface area (Å²) in [5.41, 5.74) is 1.83. The maximum Gasteiger partial charge on any atom is 0.240 e. The summed E-state index contributed by atoms with van der Waals surface area (Å²) in [4.78, 5) is 13.2. The van der Waals surface area contributed by atoms with E-state index >= 15 is 0 Å². The van der Waals surface area contributed by atoms with Crippen molar-refractivity contribution in [2.45, 2.75) is 30.6 Å². The van der Waals surface area contributed by atoms with Gasteiger partial charge in [0.25, 0.3) is 0 Å². The van der Waals surface area contributed by atoms with Crippen LogP contribution in [-0.2, 0) is 10.0 Å². The third-order valence-corrected chi connectivity index (χ3v) is 8.38. The minimum atomic E-state index is -3.65. The molecule has 0 saturated heterocycles. The van der Waals surface area contributed by atoms with Crippen molar-refractivity contribution in [1.29, 1.82) is 0 Å². The molecule has 1 aliphatic rings. The Bertz CT molecular complexity index is 1460. The van der Waals surface area contributed by atoms with E-state index in [1.165, 1.54) is 24.3 Å². The van der Waals surface area contributed by atoms with E-state index in [0.29, 0.717) is 18.4 Å². The largest absolute Gasteiger partial charge is 0.354 e. The van der Waals surface area contributed by atoms with Crippen LogP contribution in [0.2, 0.25) is 0 Å². The first-order valence-electron chi connectivity index (χ1n) is 12.7. The second-order valence-electron chi connectivity index (χ2n) is 9.57. The topological polar surface area (TPSA) is 105 Å². The molecule has 0 atom stereocenters. The van der Waals surface area contributed by atoms with Crippen LogP contribution < -0.4 is 20.3 Å². The van der Waals surface area contributed by atoms with E-state index in [1.807, 2.05) is 54.6 Å². The lowest BCUT2D eigenvalue weighted by Gasteiger charge is -2.28. The fourth-order valence-electron chi connectivity index (χ4n) is 4.77. The quantitative estimate of drug-likeness (QED) is 0.235. The molecule has 4 aromatic rings. The number of fused-ring (bicyclic) bond motifs is 1. The minimum Gasteiger partial charge on any atom is -0.354 e. The summed E-state index contributed by atoms with van der Waals surface area (Å²) in [6.45, 7) is 1.14. The molecule has 1 aromatic heterocycles. The maximum atomic E-state index is 12.6. The van der Waals surface area contributed by atoms with Gasteiger partial charge in [0.2, 0.25) is 16.0 Å². The zero-order valence-electron chi connectivity index (χ0n) is 20.8. The second kappa shape index (κ2) is 11.7. The molecule has 1 fully saturated rings. The van der Waals surface area contributed by atoms with Gasteiger partial charge in [0.15, 0.2) is 5.75 Å². The van der Waals surface area contributed by atoms with Gasteiger partial charge in [-0.05, 0) is 86.1 Å². The molecular weight excluding hydrogens is 505 g/mol. The standard InChI is InChI=1S/C28H30FN5O3S/c29-37-23-14-16-24(17-15-23)38(35,36)31-19-21-12-10-20(11-13-21)18-30-28-33-26-9-5-4-8-25(26)27(34-28)32-22-6-2-1-3-7-22/h1-9,14-17,20-21,31H,10-13,18-19H2,(H2,30,32,33,34)/t20-,21-. The van der Waals surface area contributed by atoms with Crippen molar-refractivity contribution < 1.29 is 17.9 Å². The van der Waals surface area contributed by atoms with Gasteiger partial charge in [-0.1, -0.05) is 30.3 Å². The number of hydrogen-bond acceptors (Lipinski definition) is 7. The van der Waals surface area contributed by atoms with Crippen LogP contribution in [0.4, 0.5) is 22.0 Å². The van der Waals surface area contributed by atoms with Crippen molar-refractivity contribution in [3.63, 3.8) is 0 Å². The highest BCUT2D eigenvalue weighted by atomic mass is 32.2. The van der Waals surface area contributed by atoms with Crippen LogP contribution in [0.1, 0.15) is 25.7 Å². The average Bonchev–Trinajstić information content (AvgIpc) is 2.96. The molecule has 5 rings (SSSR count). The third kappa shape index (κ3) is 6.38. The van der Waals surface area contributed by atoms with Gasteiger partial charge in [0.05, 0.1) is 10.4 Å². The van der Waals surface area contributed by atoms with E-state index in [1.54, 1.807) is 0 Å². The number of nitrogens with zero attached hydrogens (tertiary/aromatic N) is 2. The van der Waals surface area contributed by atoms with Crippen LogP contribution >= 0.6 is 0 Å². The molecule has 1 aliphatic carbocycles. The van der Waals surface area contributed by atoms with Gasteiger partial charge >= 0.3 is 0 Å². The fraction of sp³-hybridized carbons (Fsp3) is 0.286. The first-order valence-corrected chi connectivity index (χ1v) is 14.2. The molecule has 0 spiro atoms. The van der Waals surface area contributed by atoms with Crippen molar-refractivity contribution in [2.24, 2.45) is 11.8 Å². The fourth-order valence-corrected chi connectivity index (χ4v) is 5.88. The van der Waals surface area contributed by atoms with Gasteiger partial charge < -0.3 is 10.6 Å². The Kier molecular flexibility index (Phi) is 8.00. The molecular formula is C28H30FN5O3S. The molecule has 0 unspecified atom stereocenters. The number of para-hydroxylation sites is 2. The van der Waals surface area contributed by atoms with Crippen LogP contribution in [-0.4, -0.2) is 31.5 Å². The summed E-state index contributed by atoms with van der Waals surface area (Å²) in [7, 11) is -3.65. The summed E-state index contributed by atoms with van der Waals surface area (Å²) >= 11 is 0. The number of nitrogens with one attached hydrogen (secondary N) is 3. The Morgan fingerprint density at radius 1 is 0.816 bits per heavy atom. The van der Waals surface area contributed by atoms with Crippen molar-refractivity contribution in [1.82, 2.24) is 14.7 Å². The number of rotatable bonds is 10. The van der Waals surface area contributed by atoms with Crippen molar-refractivity contribution >= 4 is 38.4 Å². The highest BCUT2D eigenvalue weighted by molar-refractivity contribution is 7.89. The molecule has 198 valence electrons. The van der Waals surface area contributed by atoms with Gasteiger partial charge in [0.1, 0.15) is 5.82 Å². The van der Waals surface area contributed by atoms with Gasteiger partial charge in [-0.2, -0.15) is 4.98 Å². The molecule has 0 bridgehead atoms. The number of aromatic nitrogens is 2. The second-order valence-corrected chi connectivity index (χ2v) is 11.3. The Morgan fingerprint density at radius 3 is 2.18 bits per heavy atom. The molecule has 8 nitrogen and oxygen atoms in total. The number of anilines is 3. The molecule has 1 heterocycles. The maximum absolute atomic E-state index is 12.6. The Labute approximate surface area is 221 Å². The average molecular weight is 536 g/mol. The van der Waals surface area contributed by atoms with Crippen LogP contribution in [0, 0.1) is 11.8 Å². The van der Waals surface area contributed by atoms with E-state index < -0.39 is 10.0 Å². The molecule has 3 aromatic carbocycles. The lowest BCUT2D eigenvalue weighted by molar-refractivity contribution is -0.00626. The van der Waals surface area contributed by atoms with Gasteiger partial charge in [-0.25, -0.2) is 18.1 Å². The first kappa shape index (κ1) is 25.9. The number of sulfonamides is 1. The molecule has 3 N–H and O–H groups in total. The van der Waals surface area contributed by atoms with Crippen LogP contribution in [0.15, 0.2) is 83.8 Å². The summed E-state index contributed by atoms with van der Waals surface area (Å²) in [5, 5.41) is 7.78. The van der Waals surface area contributed by atoms with Crippen molar-refractivity contribution in [3.05, 3.63) is 78.9 Å². The summed E-state index contributed by atoms with van der Waals surface area (Å²) in [6.07, 6.45) is 3.85. The number of benzene rings is 3. The zero-order valence-corrected chi connectivity index (χ0v) is 21.6. The number of halogens is 1. The van der Waals surface area contributed by atoms with Crippen LogP contribution in [0.3, 0.4) is 0 Å². The summed E-state index contributed by atoms with van der Waals surface area (Å²) in [6, 6.07) is 23.1. The lowest BCUT2D eigenvalue weighted by Crippen LogP contribution is -2.32. The normalized spacial score (nSPS) is 17.7. The van der Waals surface area contributed by atoms with Crippen LogP contribution in [0.5, 0.6) is 5.75 Å². The molecule has 0 radical (unpaired) electrons.